The minimum atomic E-state index is -0.489. The van der Waals surface area contributed by atoms with Crippen molar-refractivity contribution in [3.8, 4) is 5.75 Å². The molecule has 1 amide bonds. The molecule has 0 unspecified atom stereocenters. The number of nitrogens with one attached hydrogen (secondary N) is 1. The summed E-state index contributed by atoms with van der Waals surface area (Å²) in [6.07, 6.45) is 4.82. The van der Waals surface area contributed by atoms with Crippen molar-refractivity contribution in [3.63, 3.8) is 0 Å². The predicted octanol–water partition coefficient (Wildman–Crippen LogP) is 5.00. The number of fused-ring (bicyclic) bond motifs is 1. The number of carbonyl (C=O) groups excluding carboxylic acids is 1. The third-order valence-electron chi connectivity index (χ3n) is 4.52. The third kappa shape index (κ3) is 4.88. The van der Waals surface area contributed by atoms with Gasteiger partial charge in [0.15, 0.2) is 0 Å². The summed E-state index contributed by atoms with van der Waals surface area (Å²) < 4.78 is 11.5. The molecule has 6 heteroatoms. The van der Waals surface area contributed by atoms with Crippen molar-refractivity contribution in [2.45, 2.75) is 64.2 Å². The van der Waals surface area contributed by atoms with Crippen molar-refractivity contribution in [3.05, 3.63) is 41.9 Å². The number of rotatable bonds is 3. The van der Waals surface area contributed by atoms with Gasteiger partial charge in [-0.2, -0.15) is 0 Å². The Morgan fingerprint density at radius 1 is 1.22 bits per heavy atom. The smallest absolute Gasteiger partial charge is 0.407 e. The maximum atomic E-state index is 11.9. The van der Waals surface area contributed by atoms with Gasteiger partial charge in [0, 0.05) is 17.6 Å². The van der Waals surface area contributed by atoms with E-state index in [1.807, 2.05) is 39.0 Å². The van der Waals surface area contributed by atoms with Gasteiger partial charge in [0.1, 0.15) is 11.4 Å². The molecule has 1 aromatic carbocycles. The molecule has 0 atom stereocenters. The average Bonchev–Trinajstić information content (AvgIpc) is 2.62. The van der Waals surface area contributed by atoms with Crippen LogP contribution in [-0.2, 0) is 4.74 Å². The standard InChI is InChI=1S/C21H25N3O3/c1-21(2,3)27-20(25)24-14-7-9-15(10-8-14)26-18-12-11-17(22-4)19-16(18)6-5-13-23-19/h5-6,11-15H,7-10H2,1-3H3,(H,24,25). The van der Waals surface area contributed by atoms with Gasteiger partial charge in [-0.3, -0.25) is 4.98 Å². The topological polar surface area (TPSA) is 64.8 Å². The molecule has 1 aromatic heterocycles. The monoisotopic (exact) mass is 367 g/mol. The zero-order valence-corrected chi connectivity index (χ0v) is 16.0. The summed E-state index contributed by atoms with van der Waals surface area (Å²) >= 11 is 0. The maximum Gasteiger partial charge on any atom is 0.407 e. The Bertz CT molecular complexity index is 859. The second kappa shape index (κ2) is 7.83. The molecule has 1 aliphatic rings. The minimum absolute atomic E-state index is 0.0869. The molecule has 0 saturated heterocycles. The molecule has 1 N–H and O–H groups in total. The van der Waals surface area contributed by atoms with Crippen LogP contribution in [-0.4, -0.2) is 28.8 Å². The van der Waals surface area contributed by atoms with Crippen molar-refractivity contribution >= 4 is 22.7 Å². The molecule has 2 aromatic rings. The van der Waals surface area contributed by atoms with Gasteiger partial charge in [0.05, 0.1) is 18.2 Å². The molecule has 3 rings (SSSR count). The van der Waals surface area contributed by atoms with E-state index in [9.17, 15) is 4.79 Å². The van der Waals surface area contributed by atoms with Crippen LogP contribution < -0.4 is 10.1 Å². The van der Waals surface area contributed by atoms with E-state index in [4.69, 9.17) is 16.0 Å². The Morgan fingerprint density at radius 2 is 1.96 bits per heavy atom. The maximum absolute atomic E-state index is 11.9. The number of benzene rings is 1. The van der Waals surface area contributed by atoms with E-state index < -0.39 is 5.60 Å². The van der Waals surface area contributed by atoms with Crippen LogP contribution in [0.2, 0.25) is 0 Å². The van der Waals surface area contributed by atoms with E-state index in [1.54, 1.807) is 12.3 Å². The number of ether oxygens (including phenoxy) is 2. The molecule has 142 valence electrons. The lowest BCUT2D eigenvalue weighted by molar-refractivity contribution is 0.0471. The summed E-state index contributed by atoms with van der Waals surface area (Å²) in [6.45, 7) is 12.9. The summed E-state index contributed by atoms with van der Waals surface area (Å²) in [5.41, 5.74) is 0.713. The zero-order chi connectivity index (χ0) is 19.4. The van der Waals surface area contributed by atoms with Gasteiger partial charge in [-0.25, -0.2) is 9.64 Å². The highest BCUT2D eigenvalue weighted by Gasteiger charge is 2.26. The average molecular weight is 367 g/mol. The summed E-state index contributed by atoms with van der Waals surface area (Å²) in [4.78, 5) is 19.8. The largest absolute Gasteiger partial charge is 0.490 e. The van der Waals surface area contributed by atoms with Gasteiger partial charge in [-0.1, -0.05) is 6.07 Å². The third-order valence-corrected chi connectivity index (χ3v) is 4.52. The van der Waals surface area contributed by atoms with Crippen LogP contribution in [0.4, 0.5) is 10.5 Å². The summed E-state index contributed by atoms with van der Waals surface area (Å²) in [5, 5.41) is 3.81. The van der Waals surface area contributed by atoms with Gasteiger partial charge < -0.3 is 14.8 Å². The molecule has 27 heavy (non-hydrogen) atoms. The highest BCUT2D eigenvalue weighted by atomic mass is 16.6. The van der Waals surface area contributed by atoms with Crippen LogP contribution in [0.25, 0.3) is 15.7 Å². The fraction of sp³-hybridized carbons (Fsp3) is 0.476. The fourth-order valence-corrected chi connectivity index (χ4v) is 3.30. The van der Waals surface area contributed by atoms with E-state index in [0.717, 1.165) is 36.8 Å². The first-order chi connectivity index (χ1) is 12.9. The summed E-state index contributed by atoms with van der Waals surface area (Å²) in [7, 11) is 0. The highest BCUT2D eigenvalue weighted by molar-refractivity contribution is 5.95. The lowest BCUT2D eigenvalue weighted by Gasteiger charge is -2.30. The van der Waals surface area contributed by atoms with Crippen LogP contribution >= 0.6 is 0 Å². The second-order valence-corrected chi connectivity index (χ2v) is 7.83. The van der Waals surface area contributed by atoms with Crippen molar-refractivity contribution in [2.24, 2.45) is 0 Å². The predicted molar refractivity (Wildman–Crippen MR) is 104 cm³/mol. The summed E-state index contributed by atoms with van der Waals surface area (Å²) in [5.74, 6) is 0.758. The molecule has 0 radical (unpaired) electrons. The Hall–Kier alpha value is -2.81. The number of hydrogen-bond acceptors (Lipinski definition) is 4. The Balaban J connectivity index is 1.60. The quantitative estimate of drug-likeness (QED) is 0.775. The molecule has 1 fully saturated rings. The molecule has 0 aliphatic heterocycles. The normalized spacial score (nSPS) is 19.9. The number of aromatic nitrogens is 1. The number of nitrogens with zero attached hydrogens (tertiary/aromatic N) is 2. The summed E-state index contributed by atoms with van der Waals surface area (Å²) in [6, 6.07) is 7.50. The van der Waals surface area contributed by atoms with Crippen LogP contribution in [0, 0.1) is 6.57 Å². The molecule has 1 saturated carbocycles. The van der Waals surface area contributed by atoms with E-state index in [2.05, 4.69) is 15.1 Å². The van der Waals surface area contributed by atoms with Crippen LogP contribution in [0.5, 0.6) is 5.75 Å². The first-order valence-electron chi connectivity index (χ1n) is 9.27. The van der Waals surface area contributed by atoms with Crippen molar-refractivity contribution < 1.29 is 14.3 Å². The minimum Gasteiger partial charge on any atom is -0.490 e. The molecule has 6 nitrogen and oxygen atoms in total. The fourth-order valence-electron chi connectivity index (χ4n) is 3.30. The van der Waals surface area contributed by atoms with Crippen LogP contribution in [0.3, 0.4) is 0 Å². The number of carbonyl (C=O) groups is 1. The first-order valence-corrected chi connectivity index (χ1v) is 9.27. The molecule has 1 heterocycles. The van der Waals surface area contributed by atoms with E-state index in [1.165, 1.54) is 0 Å². The van der Waals surface area contributed by atoms with Crippen LogP contribution in [0.1, 0.15) is 46.5 Å². The Kier molecular flexibility index (Phi) is 5.50. The molecule has 1 aliphatic carbocycles. The number of alkyl carbamates (subject to hydrolysis) is 1. The SMILES string of the molecule is [C-]#[N+]c1ccc(OC2CCC(NC(=O)OC(C)(C)C)CC2)c2cccnc12. The molecule has 0 bridgehead atoms. The second-order valence-electron chi connectivity index (χ2n) is 7.83. The van der Waals surface area contributed by atoms with E-state index in [0.29, 0.717) is 11.2 Å². The number of pyridine rings is 1. The molecular formula is C21H25N3O3. The van der Waals surface area contributed by atoms with Crippen molar-refractivity contribution in [1.82, 2.24) is 10.3 Å². The van der Waals surface area contributed by atoms with Crippen LogP contribution in [0.15, 0.2) is 30.5 Å². The lowest BCUT2D eigenvalue weighted by atomic mass is 9.93. The van der Waals surface area contributed by atoms with Gasteiger partial charge in [-0.15, -0.1) is 0 Å². The lowest BCUT2D eigenvalue weighted by Crippen LogP contribution is -2.42. The van der Waals surface area contributed by atoms with Gasteiger partial charge in [0.2, 0.25) is 5.69 Å². The number of hydrogen-bond donors (Lipinski definition) is 1. The Morgan fingerprint density at radius 3 is 2.63 bits per heavy atom. The van der Waals surface area contributed by atoms with Gasteiger partial charge in [-0.05, 0) is 64.7 Å². The van der Waals surface area contributed by atoms with Crippen molar-refractivity contribution in [1.29, 1.82) is 0 Å². The highest BCUT2D eigenvalue weighted by Crippen LogP contribution is 2.34. The zero-order valence-electron chi connectivity index (χ0n) is 16.0. The van der Waals surface area contributed by atoms with Crippen molar-refractivity contribution in [2.75, 3.05) is 0 Å². The van der Waals surface area contributed by atoms with Gasteiger partial charge >= 0.3 is 6.09 Å². The number of amides is 1. The first kappa shape index (κ1) is 19.0. The Labute approximate surface area is 159 Å². The van der Waals surface area contributed by atoms with E-state index >= 15 is 0 Å². The molecule has 0 spiro atoms. The van der Waals surface area contributed by atoms with Gasteiger partial charge in [0.25, 0.3) is 0 Å². The molecular weight excluding hydrogens is 342 g/mol. The van der Waals surface area contributed by atoms with E-state index in [-0.39, 0.29) is 18.2 Å².